The molecular formula is C40H26. The van der Waals surface area contributed by atoms with Gasteiger partial charge in [-0.3, -0.25) is 0 Å². The van der Waals surface area contributed by atoms with Crippen molar-refractivity contribution in [3.63, 3.8) is 0 Å². The van der Waals surface area contributed by atoms with E-state index in [1.54, 1.807) is 0 Å². The van der Waals surface area contributed by atoms with E-state index in [-0.39, 0.29) is 0 Å². The molecule has 0 saturated heterocycles. The summed E-state index contributed by atoms with van der Waals surface area (Å²) in [5.74, 6) is 0. The molecule has 40 heavy (non-hydrogen) atoms. The molecule has 0 aliphatic heterocycles. The monoisotopic (exact) mass is 532 g/mol. The van der Waals surface area contributed by atoms with Crippen molar-refractivity contribution < 1.29 is 35.6 Å². The first-order valence-electron chi connectivity index (χ1n) is 24.8. The Balaban J connectivity index is 1.87. The molecule has 8 rings (SSSR count). The molecule has 186 valence electrons. The van der Waals surface area contributed by atoms with E-state index in [1.807, 2.05) is 0 Å². The van der Waals surface area contributed by atoms with Crippen molar-refractivity contribution in [2.75, 3.05) is 0 Å². The highest BCUT2D eigenvalue weighted by atomic mass is 14.2. The van der Waals surface area contributed by atoms with E-state index in [1.165, 1.54) is 0 Å². The first-order valence-corrected chi connectivity index (χ1v) is 11.8. The Labute approximate surface area is 270 Å². The Bertz CT molecular complexity index is 3610. The predicted octanol–water partition coefficient (Wildman–Crippen LogP) is 11.3. The van der Waals surface area contributed by atoms with Gasteiger partial charge >= 0.3 is 0 Å². The predicted molar refractivity (Wildman–Crippen MR) is 173 cm³/mol. The average molecular weight is 533 g/mol. The van der Waals surface area contributed by atoms with Gasteiger partial charge in [0.15, 0.2) is 0 Å². The molecule has 0 N–H and O–H groups in total. The summed E-state index contributed by atoms with van der Waals surface area (Å²) in [6.45, 7) is 0. The van der Waals surface area contributed by atoms with Crippen molar-refractivity contribution >= 4 is 43.1 Å². The van der Waals surface area contributed by atoms with Gasteiger partial charge in [-0.05, 0) is 82.5 Å². The van der Waals surface area contributed by atoms with Crippen LogP contribution in [0, 0.1) is 0 Å². The van der Waals surface area contributed by atoms with Crippen LogP contribution in [0.25, 0.3) is 76.5 Å². The molecule has 0 radical (unpaired) electrons. The molecule has 0 aromatic heterocycles. The largest absolute Gasteiger partial charge is 0.0636 e. The van der Waals surface area contributed by atoms with Crippen LogP contribution < -0.4 is 0 Å². The van der Waals surface area contributed by atoms with Gasteiger partial charge in [0.2, 0.25) is 0 Å². The van der Waals surface area contributed by atoms with Gasteiger partial charge in [-0.15, -0.1) is 0 Å². The topological polar surface area (TPSA) is 0 Å². The Morgan fingerprint density at radius 2 is 0.800 bits per heavy atom. The molecule has 0 atom stereocenters. The van der Waals surface area contributed by atoms with Crippen molar-refractivity contribution in [2.24, 2.45) is 0 Å². The summed E-state index contributed by atoms with van der Waals surface area (Å²) >= 11 is 0. The summed E-state index contributed by atoms with van der Waals surface area (Å²) in [6.07, 6.45) is 0. The number of rotatable bonds is 3. The number of benzene rings is 8. The first kappa shape index (κ1) is 8.65. The van der Waals surface area contributed by atoms with Crippen LogP contribution >= 0.6 is 0 Å². The lowest BCUT2D eigenvalue weighted by Gasteiger charge is -2.20. The van der Waals surface area contributed by atoms with Crippen molar-refractivity contribution in [3.8, 4) is 33.4 Å². The highest BCUT2D eigenvalue weighted by molar-refractivity contribution is 6.24. The Morgan fingerprint density at radius 3 is 1.50 bits per heavy atom. The maximum Gasteiger partial charge on any atom is 0.0636 e. The lowest BCUT2D eigenvalue weighted by molar-refractivity contribution is 1.65. The number of hydrogen-bond donors (Lipinski definition) is 0. The van der Waals surface area contributed by atoms with E-state index >= 15 is 0 Å². The second-order valence-electron chi connectivity index (χ2n) is 8.50. The minimum atomic E-state index is -1.08. The standard InChI is InChI=1S/C40H26/c1-2-14-29(15-3-1)39-35-20-8-9-21-36(35)40(34-23-11-17-28-13-5-7-19-32(28)34)38-26-30(24-25-37(38)39)33-22-10-16-27-12-4-6-18-31(27)33/h1-26H/i1D,2D,3D,4D,5D,6D,7D,8D,9D,10D,11D,12D,13D,14D,15D,16D,17D,18D,19D,20D,21D,22D,23D,24D,25D,26D. The third kappa shape index (κ3) is 3.54. The van der Waals surface area contributed by atoms with Gasteiger partial charge < -0.3 is 0 Å². The molecule has 0 amide bonds. The van der Waals surface area contributed by atoms with Crippen molar-refractivity contribution in [2.45, 2.75) is 0 Å². The highest BCUT2D eigenvalue weighted by Gasteiger charge is 2.19. The Morgan fingerprint density at radius 1 is 0.300 bits per heavy atom. The van der Waals surface area contributed by atoms with E-state index < -0.39 is 234 Å². The number of fused-ring (bicyclic) bond motifs is 4. The summed E-state index contributed by atoms with van der Waals surface area (Å²) < 4.78 is 232. The molecule has 0 nitrogen and oxygen atoms in total. The lowest BCUT2D eigenvalue weighted by atomic mass is 9.83. The van der Waals surface area contributed by atoms with E-state index in [0.29, 0.717) is 0 Å². The van der Waals surface area contributed by atoms with Gasteiger partial charge in [0, 0.05) is 0 Å². The van der Waals surface area contributed by atoms with Crippen molar-refractivity contribution in [1.29, 1.82) is 0 Å². The van der Waals surface area contributed by atoms with Gasteiger partial charge in [0.25, 0.3) is 0 Å². The number of hydrogen-bond acceptors (Lipinski definition) is 0. The average Bonchev–Trinajstić information content (AvgIpc) is 3.28. The van der Waals surface area contributed by atoms with Gasteiger partial charge in [0.05, 0.1) is 35.6 Å². The van der Waals surface area contributed by atoms with Crippen molar-refractivity contribution in [1.82, 2.24) is 0 Å². The van der Waals surface area contributed by atoms with Crippen LogP contribution in [0.4, 0.5) is 0 Å². The normalized spacial score (nSPS) is 20.6. The molecule has 8 aromatic carbocycles. The van der Waals surface area contributed by atoms with Gasteiger partial charge in [-0.1, -0.05) is 151 Å². The summed E-state index contributed by atoms with van der Waals surface area (Å²) in [7, 11) is 0. The third-order valence-corrected chi connectivity index (χ3v) is 6.38. The molecule has 0 heteroatoms. The fourth-order valence-electron chi connectivity index (χ4n) is 4.72. The van der Waals surface area contributed by atoms with Gasteiger partial charge in [0.1, 0.15) is 0 Å². The maximum absolute atomic E-state index is 10.1. The fraction of sp³-hybridized carbons (Fsp3) is 0. The lowest BCUT2D eigenvalue weighted by Crippen LogP contribution is -1.92. The van der Waals surface area contributed by atoms with Gasteiger partial charge in [-0.2, -0.15) is 0 Å². The molecule has 0 unspecified atom stereocenters. The third-order valence-electron chi connectivity index (χ3n) is 6.38. The summed E-state index contributed by atoms with van der Waals surface area (Å²) in [5.41, 5.74) is -4.72. The van der Waals surface area contributed by atoms with E-state index in [2.05, 4.69) is 0 Å². The Hall–Kier alpha value is -5.20. The Kier molecular flexibility index (Phi) is 1.99. The quantitative estimate of drug-likeness (QED) is 0.198. The van der Waals surface area contributed by atoms with E-state index in [4.69, 9.17) is 27.4 Å². The zero-order chi connectivity index (χ0) is 49.1. The SMILES string of the molecule is [2H]c1c([2H])c([2H])c(-c2c3c([2H])c([2H])c([2H])c([2H])c3c(-c3c([2H])c([2H])c([2H])c4c([2H])c([2H])c([2H])c([2H])c34)c3c([2H])c(-c4c([2H])c([2H])c([2H])c5c([2H])c([2H])c([2H])c([2H])c45)c([2H])c([2H])c23)c([2H])c1[2H]. The first-order chi connectivity index (χ1) is 30.7. The summed E-state index contributed by atoms with van der Waals surface area (Å²) in [5, 5.41) is -5.71. The van der Waals surface area contributed by atoms with E-state index in [9.17, 15) is 8.22 Å². The molecular weight excluding hydrogens is 480 g/mol. The molecule has 0 fully saturated rings. The van der Waals surface area contributed by atoms with Crippen LogP contribution in [0.2, 0.25) is 0 Å². The minimum absolute atomic E-state index is 0.629. The van der Waals surface area contributed by atoms with Crippen LogP contribution in [-0.4, -0.2) is 0 Å². The second kappa shape index (κ2) is 9.22. The molecule has 0 aliphatic rings. The maximum atomic E-state index is 10.1. The van der Waals surface area contributed by atoms with Crippen LogP contribution in [0.15, 0.2) is 157 Å². The smallest absolute Gasteiger partial charge is 0.0622 e. The van der Waals surface area contributed by atoms with Crippen LogP contribution in [0.1, 0.15) is 35.6 Å². The van der Waals surface area contributed by atoms with E-state index in [0.717, 1.165) is 0 Å². The molecule has 0 aliphatic carbocycles. The molecule has 0 heterocycles. The van der Waals surface area contributed by atoms with Gasteiger partial charge in [-0.25, -0.2) is 0 Å². The zero-order valence-electron chi connectivity index (χ0n) is 46.0. The fourth-order valence-corrected chi connectivity index (χ4v) is 4.72. The molecule has 0 spiro atoms. The van der Waals surface area contributed by atoms with Crippen molar-refractivity contribution in [3.05, 3.63) is 157 Å². The zero-order valence-corrected chi connectivity index (χ0v) is 20.0. The molecule has 0 bridgehead atoms. The van der Waals surface area contributed by atoms with Crippen LogP contribution in [-0.2, 0) is 0 Å². The highest BCUT2D eigenvalue weighted by Crippen LogP contribution is 2.46. The minimum Gasteiger partial charge on any atom is -0.0622 e. The summed E-state index contributed by atoms with van der Waals surface area (Å²) in [4.78, 5) is 0. The molecule has 0 saturated carbocycles. The molecule has 8 aromatic rings. The van der Waals surface area contributed by atoms with Crippen LogP contribution in [0.3, 0.4) is 0 Å². The summed E-state index contributed by atoms with van der Waals surface area (Å²) in [6, 6.07) is -24.8. The van der Waals surface area contributed by atoms with Crippen LogP contribution in [0.5, 0.6) is 0 Å². The second-order valence-corrected chi connectivity index (χ2v) is 8.50.